The molecule has 1 aromatic carbocycles. The highest BCUT2D eigenvalue weighted by Gasteiger charge is 2.39. The highest BCUT2D eigenvalue weighted by molar-refractivity contribution is 7.89. The number of aryl methyl sites for hydroxylation is 1. The number of nitrogens with one attached hydrogen (secondary N) is 1. The highest BCUT2D eigenvalue weighted by atomic mass is 32.2. The minimum absolute atomic E-state index is 0.193. The van der Waals surface area contributed by atoms with Gasteiger partial charge in [0.2, 0.25) is 15.9 Å². The van der Waals surface area contributed by atoms with E-state index in [1.165, 1.54) is 4.31 Å². The summed E-state index contributed by atoms with van der Waals surface area (Å²) < 4.78 is 33.1. The number of carbonyl (C=O) groups is 1. The number of rotatable bonds is 7. The summed E-state index contributed by atoms with van der Waals surface area (Å²) >= 11 is 0. The minimum atomic E-state index is -3.66. The predicted molar refractivity (Wildman–Crippen MR) is 112 cm³/mol. The van der Waals surface area contributed by atoms with E-state index in [-0.39, 0.29) is 23.0 Å². The van der Waals surface area contributed by atoms with Gasteiger partial charge in [-0.05, 0) is 52.2 Å². The number of carbonyl (C=O) groups excluding carboxylic acids is 1. The number of ether oxygens (including phenoxy) is 1. The second-order valence-corrected chi connectivity index (χ2v) is 10.1. The molecule has 2 unspecified atom stereocenters. The van der Waals surface area contributed by atoms with Crippen molar-refractivity contribution in [3.63, 3.8) is 0 Å². The fraction of sp³-hybridized carbons (Fsp3) is 0.667. The second-order valence-electron chi connectivity index (χ2n) is 8.25. The Balaban J connectivity index is 1.51. The fourth-order valence-electron chi connectivity index (χ4n) is 4.23. The van der Waals surface area contributed by atoms with Crippen molar-refractivity contribution in [3.05, 3.63) is 29.8 Å². The number of hydrogen-bond donors (Lipinski definition) is 1. The molecule has 0 bridgehead atoms. The van der Waals surface area contributed by atoms with Gasteiger partial charge >= 0.3 is 0 Å². The highest BCUT2D eigenvalue weighted by Crippen LogP contribution is 2.26. The standard InChI is InChI=1S/C21H33N3O4S/c1-16-7-9-19(10-8-16)29(26,27)24-13-4-6-20(24)21(25)22-11-5-12-23-14-17(2)28-18(3)15-23/h7-10,17-18,20H,4-6,11-15H2,1-3H3,(H,22,25)/t17?,18?,20-/m0/s1. The van der Waals surface area contributed by atoms with Crippen LogP contribution in [0.4, 0.5) is 0 Å². The van der Waals surface area contributed by atoms with Crippen LogP contribution in [-0.4, -0.2) is 74.5 Å². The second kappa shape index (κ2) is 9.55. The Labute approximate surface area is 174 Å². The molecule has 7 nitrogen and oxygen atoms in total. The number of nitrogens with zero attached hydrogens (tertiary/aromatic N) is 2. The Morgan fingerprint density at radius 3 is 2.48 bits per heavy atom. The zero-order chi connectivity index (χ0) is 21.0. The molecular formula is C21H33N3O4S. The molecule has 8 heteroatoms. The smallest absolute Gasteiger partial charge is 0.243 e. The van der Waals surface area contributed by atoms with Crippen LogP contribution in [-0.2, 0) is 19.6 Å². The summed E-state index contributed by atoms with van der Waals surface area (Å²) in [6.45, 7) is 9.72. The Bertz CT molecular complexity index is 787. The monoisotopic (exact) mass is 423 g/mol. The molecule has 3 rings (SSSR count). The molecule has 0 aliphatic carbocycles. The number of morpholine rings is 1. The van der Waals surface area contributed by atoms with Crippen LogP contribution in [0.25, 0.3) is 0 Å². The zero-order valence-electron chi connectivity index (χ0n) is 17.6. The first-order valence-electron chi connectivity index (χ1n) is 10.5. The molecule has 0 aromatic heterocycles. The Morgan fingerprint density at radius 1 is 1.17 bits per heavy atom. The molecule has 0 spiro atoms. The van der Waals surface area contributed by atoms with Crippen molar-refractivity contribution in [2.24, 2.45) is 0 Å². The number of amides is 1. The van der Waals surface area contributed by atoms with E-state index in [2.05, 4.69) is 24.1 Å². The number of sulfonamides is 1. The van der Waals surface area contributed by atoms with Crippen LogP contribution in [0, 0.1) is 6.92 Å². The molecular weight excluding hydrogens is 390 g/mol. The van der Waals surface area contributed by atoms with Crippen molar-refractivity contribution in [3.8, 4) is 0 Å². The van der Waals surface area contributed by atoms with E-state index in [9.17, 15) is 13.2 Å². The lowest BCUT2D eigenvalue weighted by atomic mass is 10.2. The number of benzene rings is 1. The Hall–Kier alpha value is -1.48. The lowest BCUT2D eigenvalue weighted by Crippen LogP contribution is -2.47. The van der Waals surface area contributed by atoms with E-state index in [0.717, 1.165) is 31.6 Å². The van der Waals surface area contributed by atoms with Crippen molar-refractivity contribution in [1.82, 2.24) is 14.5 Å². The lowest BCUT2D eigenvalue weighted by Gasteiger charge is -2.35. The topological polar surface area (TPSA) is 79.0 Å². The van der Waals surface area contributed by atoms with Crippen LogP contribution in [0.15, 0.2) is 29.2 Å². The first kappa shape index (κ1) is 22.2. The molecule has 162 valence electrons. The summed E-state index contributed by atoms with van der Waals surface area (Å²) in [4.78, 5) is 15.3. The summed E-state index contributed by atoms with van der Waals surface area (Å²) in [6, 6.07) is 6.17. The molecule has 2 saturated heterocycles. The molecule has 2 heterocycles. The summed E-state index contributed by atoms with van der Waals surface area (Å²) in [5.74, 6) is -0.193. The third-order valence-corrected chi connectivity index (χ3v) is 7.50. The van der Waals surface area contributed by atoms with E-state index >= 15 is 0 Å². The van der Waals surface area contributed by atoms with Crippen LogP contribution in [0.5, 0.6) is 0 Å². The van der Waals surface area contributed by atoms with Gasteiger partial charge in [0.25, 0.3) is 0 Å². The van der Waals surface area contributed by atoms with Gasteiger partial charge in [0.15, 0.2) is 0 Å². The van der Waals surface area contributed by atoms with Gasteiger partial charge < -0.3 is 10.1 Å². The van der Waals surface area contributed by atoms with E-state index in [1.807, 2.05) is 6.92 Å². The third-order valence-electron chi connectivity index (χ3n) is 5.58. The van der Waals surface area contributed by atoms with Crippen molar-refractivity contribution in [2.75, 3.05) is 32.7 Å². The molecule has 29 heavy (non-hydrogen) atoms. The maximum atomic E-state index is 13.0. The van der Waals surface area contributed by atoms with Crippen molar-refractivity contribution >= 4 is 15.9 Å². The Morgan fingerprint density at radius 2 is 1.83 bits per heavy atom. The molecule has 1 N–H and O–H groups in total. The van der Waals surface area contributed by atoms with Gasteiger partial charge in [0, 0.05) is 32.7 Å². The molecule has 1 amide bonds. The van der Waals surface area contributed by atoms with Gasteiger partial charge in [0.05, 0.1) is 17.1 Å². The molecule has 1 aromatic rings. The van der Waals surface area contributed by atoms with E-state index in [4.69, 9.17) is 4.74 Å². The predicted octanol–water partition coefficient (Wildman–Crippen LogP) is 1.76. The molecule has 0 saturated carbocycles. The SMILES string of the molecule is Cc1ccc(S(=O)(=O)N2CCC[C@H]2C(=O)NCCCN2CC(C)OC(C)C2)cc1. The summed E-state index contributed by atoms with van der Waals surface area (Å²) in [5.41, 5.74) is 1.00. The van der Waals surface area contributed by atoms with Gasteiger partial charge in [-0.1, -0.05) is 17.7 Å². The van der Waals surface area contributed by atoms with Gasteiger partial charge in [-0.15, -0.1) is 0 Å². The molecule has 0 radical (unpaired) electrons. The van der Waals surface area contributed by atoms with Crippen molar-refractivity contribution in [2.45, 2.75) is 63.2 Å². The quantitative estimate of drug-likeness (QED) is 0.676. The van der Waals surface area contributed by atoms with Crippen molar-refractivity contribution < 1.29 is 17.9 Å². The van der Waals surface area contributed by atoms with Crippen molar-refractivity contribution in [1.29, 1.82) is 0 Å². The molecule has 3 atom stereocenters. The summed E-state index contributed by atoms with van der Waals surface area (Å²) in [7, 11) is -3.66. The molecule has 2 fully saturated rings. The van der Waals surface area contributed by atoms with Gasteiger partial charge in [-0.25, -0.2) is 8.42 Å². The summed E-state index contributed by atoms with van der Waals surface area (Å²) in [5, 5.41) is 2.95. The Kier molecular flexibility index (Phi) is 7.32. The van der Waals surface area contributed by atoms with E-state index in [0.29, 0.717) is 25.9 Å². The number of hydrogen-bond acceptors (Lipinski definition) is 5. The van der Waals surface area contributed by atoms with E-state index in [1.54, 1.807) is 24.3 Å². The minimum Gasteiger partial charge on any atom is -0.373 e. The third kappa shape index (κ3) is 5.57. The van der Waals surface area contributed by atoms with Gasteiger partial charge in [0.1, 0.15) is 6.04 Å². The van der Waals surface area contributed by atoms with Crippen LogP contribution >= 0.6 is 0 Å². The van der Waals surface area contributed by atoms with Crippen LogP contribution in [0.3, 0.4) is 0 Å². The maximum Gasteiger partial charge on any atom is 0.243 e. The average Bonchev–Trinajstić information content (AvgIpc) is 3.15. The van der Waals surface area contributed by atoms with Gasteiger partial charge in [-0.3, -0.25) is 9.69 Å². The first-order chi connectivity index (χ1) is 13.8. The van der Waals surface area contributed by atoms with Crippen LogP contribution < -0.4 is 5.32 Å². The van der Waals surface area contributed by atoms with E-state index < -0.39 is 16.1 Å². The lowest BCUT2D eigenvalue weighted by molar-refractivity contribution is -0.124. The normalized spacial score (nSPS) is 26.5. The first-order valence-corrected chi connectivity index (χ1v) is 12.0. The average molecular weight is 424 g/mol. The fourth-order valence-corrected chi connectivity index (χ4v) is 5.89. The van der Waals surface area contributed by atoms with Crippen LogP contribution in [0.2, 0.25) is 0 Å². The van der Waals surface area contributed by atoms with Gasteiger partial charge in [-0.2, -0.15) is 4.31 Å². The largest absolute Gasteiger partial charge is 0.373 e. The maximum absolute atomic E-state index is 13.0. The zero-order valence-corrected chi connectivity index (χ0v) is 18.5. The summed E-state index contributed by atoms with van der Waals surface area (Å²) in [6.07, 6.45) is 2.56. The molecule has 2 aliphatic heterocycles. The van der Waals surface area contributed by atoms with Crippen LogP contribution in [0.1, 0.15) is 38.7 Å². The molecule has 2 aliphatic rings.